The number of anilines is 2. The second kappa shape index (κ2) is 7.78. The van der Waals surface area contributed by atoms with Crippen molar-refractivity contribution in [2.75, 3.05) is 17.7 Å². The molecule has 0 bridgehead atoms. The zero-order valence-electron chi connectivity index (χ0n) is 16.0. The molecule has 1 heterocycles. The van der Waals surface area contributed by atoms with Gasteiger partial charge >= 0.3 is 0 Å². The zero-order chi connectivity index (χ0) is 19.4. The highest BCUT2D eigenvalue weighted by Crippen LogP contribution is 2.43. The van der Waals surface area contributed by atoms with Crippen LogP contribution in [0.1, 0.15) is 43.7 Å². The van der Waals surface area contributed by atoms with Crippen molar-refractivity contribution in [2.24, 2.45) is 0 Å². The molecule has 0 unspecified atom stereocenters. The molecule has 1 aromatic heterocycles. The van der Waals surface area contributed by atoms with Crippen LogP contribution in [0.5, 0.6) is 5.75 Å². The van der Waals surface area contributed by atoms with E-state index in [2.05, 4.69) is 15.6 Å². The fourth-order valence-corrected chi connectivity index (χ4v) is 3.72. The van der Waals surface area contributed by atoms with Crippen LogP contribution in [0.25, 0.3) is 0 Å². The molecule has 142 valence electrons. The van der Waals surface area contributed by atoms with Crippen molar-refractivity contribution in [2.45, 2.75) is 44.9 Å². The summed E-state index contributed by atoms with van der Waals surface area (Å²) in [5.74, 6) is 1.06. The molecule has 0 saturated heterocycles. The average molecular weight is 367 g/mol. The van der Waals surface area contributed by atoms with Crippen LogP contribution >= 0.6 is 0 Å². The van der Waals surface area contributed by atoms with Crippen molar-refractivity contribution in [3.05, 3.63) is 47.7 Å². The molecule has 0 radical (unpaired) electrons. The van der Waals surface area contributed by atoms with Crippen molar-refractivity contribution in [3.8, 4) is 5.75 Å². The van der Waals surface area contributed by atoms with Gasteiger partial charge in [0.05, 0.1) is 24.4 Å². The Kier molecular flexibility index (Phi) is 5.44. The molecule has 1 saturated carbocycles. The summed E-state index contributed by atoms with van der Waals surface area (Å²) in [7, 11) is 1.65. The van der Waals surface area contributed by atoms with Crippen LogP contribution in [0.15, 0.2) is 36.5 Å². The van der Waals surface area contributed by atoms with Gasteiger partial charge in [0.2, 0.25) is 11.8 Å². The molecule has 6 heteroatoms. The first kappa shape index (κ1) is 18.9. The third-order valence-electron chi connectivity index (χ3n) is 5.18. The topological polar surface area (TPSA) is 80.3 Å². The minimum Gasteiger partial charge on any atom is -0.496 e. The third kappa shape index (κ3) is 3.94. The Labute approximate surface area is 159 Å². The number of methoxy groups -OCH3 is 1. The van der Waals surface area contributed by atoms with Crippen molar-refractivity contribution < 1.29 is 14.3 Å². The summed E-state index contributed by atoms with van der Waals surface area (Å²) in [6.07, 6.45) is 5.16. The van der Waals surface area contributed by atoms with Crippen LogP contribution in [0.2, 0.25) is 0 Å². The van der Waals surface area contributed by atoms with Gasteiger partial charge in [-0.1, -0.05) is 25.0 Å². The van der Waals surface area contributed by atoms with Gasteiger partial charge in [0, 0.05) is 6.92 Å². The van der Waals surface area contributed by atoms with E-state index in [9.17, 15) is 9.59 Å². The van der Waals surface area contributed by atoms with E-state index in [1.54, 1.807) is 19.2 Å². The summed E-state index contributed by atoms with van der Waals surface area (Å²) in [5.41, 5.74) is 2.05. The molecule has 2 amide bonds. The Morgan fingerprint density at radius 1 is 1.11 bits per heavy atom. The van der Waals surface area contributed by atoms with E-state index < -0.39 is 5.41 Å². The van der Waals surface area contributed by atoms with E-state index in [0.29, 0.717) is 11.5 Å². The number of nitrogens with zero attached hydrogens (tertiary/aromatic N) is 1. The van der Waals surface area contributed by atoms with E-state index in [1.807, 2.05) is 25.1 Å². The first-order chi connectivity index (χ1) is 12.9. The SMILES string of the molecule is COc1cc(C2(C(=O)Nc3ccc(NC(C)=O)cn3)CCCC2)ccc1C. The van der Waals surface area contributed by atoms with Gasteiger partial charge in [-0.05, 0) is 49.1 Å². The Morgan fingerprint density at radius 2 is 1.85 bits per heavy atom. The van der Waals surface area contributed by atoms with Gasteiger partial charge in [0.25, 0.3) is 0 Å². The fourth-order valence-electron chi connectivity index (χ4n) is 3.72. The molecule has 1 aromatic carbocycles. The number of hydrogen-bond acceptors (Lipinski definition) is 4. The monoisotopic (exact) mass is 367 g/mol. The molecular weight excluding hydrogens is 342 g/mol. The zero-order valence-corrected chi connectivity index (χ0v) is 16.0. The van der Waals surface area contributed by atoms with Gasteiger partial charge in [-0.25, -0.2) is 4.98 Å². The highest BCUT2D eigenvalue weighted by molar-refractivity contribution is 5.99. The van der Waals surface area contributed by atoms with Crippen LogP contribution in [0, 0.1) is 6.92 Å². The second-order valence-electron chi connectivity index (χ2n) is 7.04. The molecule has 2 N–H and O–H groups in total. The van der Waals surface area contributed by atoms with Crippen molar-refractivity contribution >= 4 is 23.3 Å². The Bertz CT molecular complexity index is 840. The predicted molar refractivity (Wildman–Crippen MR) is 105 cm³/mol. The molecule has 0 spiro atoms. The maximum Gasteiger partial charge on any atom is 0.236 e. The first-order valence-corrected chi connectivity index (χ1v) is 9.15. The highest BCUT2D eigenvalue weighted by atomic mass is 16.5. The minimum absolute atomic E-state index is 0.0503. The van der Waals surface area contributed by atoms with Crippen LogP contribution in [0.4, 0.5) is 11.5 Å². The summed E-state index contributed by atoms with van der Waals surface area (Å²) >= 11 is 0. The molecule has 2 aromatic rings. The number of aromatic nitrogens is 1. The maximum absolute atomic E-state index is 13.2. The van der Waals surface area contributed by atoms with Crippen molar-refractivity contribution in [1.82, 2.24) is 4.98 Å². The predicted octanol–water partition coefficient (Wildman–Crippen LogP) is 3.81. The Morgan fingerprint density at radius 3 is 2.44 bits per heavy atom. The molecule has 6 nitrogen and oxygen atoms in total. The lowest BCUT2D eigenvalue weighted by atomic mass is 9.77. The lowest BCUT2D eigenvalue weighted by molar-refractivity contribution is -0.121. The Balaban J connectivity index is 1.84. The number of amides is 2. The van der Waals surface area contributed by atoms with Crippen LogP contribution in [-0.2, 0) is 15.0 Å². The van der Waals surface area contributed by atoms with Gasteiger partial charge in [-0.2, -0.15) is 0 Å². The number of carbonyl (C=O) groups is 2. The number of benzene rings is 1. The van der Waals surface area contributed by atoms with Gasteiger partial charge in [-0.3, -0.25) is 9.59 Å². The number of aryl methyl sites for hydroxylation is 1. The molecule has 3 rings (SSSR count). The molecule has 0 atom stereocenters. The number of hydrogen-bond donors (Lipinski definition) is 2. The number of nitrogens with one attached hydrogen (secondary N) is 2. The van der Waals surface area contributed by atoms with E-state index in [0.717, 1.165) is 42.6 Å². The number of carbonyl (C=O) groups excluding carboxylic acids is 2. The van der Waals surface area contributed by atoms with Crippen LogP contribution < -0.4 is 15.4 Å². The lowest BCUT2D eigenvalue weighted by Crippen LogP contribution is -2.38. The Hall–Kier alpha value is -2.89. The van der Waals surface area contributed by atoms with E-state index in [-0.39, 0.29) is 11.8 Å². The maximum atomic E-state index is 13.2. The number of ether oxygens (including phenoxy) is 1. The van der Waals surface area contributed by atoms with Crippen molar-refractivity contribution in [1.29, 1.82) is 0 Å². The normalized spacial score (nSPS) is 15.2. The average Bonchev–Trinajstić information content (AvgIpc) is 3.14. The lowest BCUT2D eigenvalue weighted by Gasteiger charge is -2.28. The van der Waals surface area contributed by atoms with Gasteiger partial charge in [-0.15, -0.1) is 0 Å². The minimum atomic E-state index is -0.570. The largest absolute Gasteiger partial charge is 0.496 e. The second-order valence-corrected chi connectivity index (χ2v) is 7.04. The summed E-state index contributed by atoms with van der Waals surface area (Å²) < 4.78 is 5.45. The summed E-state index contributed by atoms with van der Waals surface area (Å²) in [6.45, 7) is 3.43. The molecule has 1 aliphatic rings. The quantitative estimate of drug-likeness (QED) is 0.842. The van der Waals surface area contributed by atoms with Gasteiger partial charge < -0.3 is 15.4 Å². The molecule has 1 fully saturated rings. The smallest absolute Gasteiger partial charge is 0.236 e. The van der Waals surface area contributed by atoms with E-state index in [4.69, 9.17) is 4.74 Å². The van der Waals surface area contributed by atoms with Gasteiger partial charge in [0.15, 0.2) is 0 Å². The summed E-state index contributed by atoms with van der Waals surface area (Å²) in [4.78, 5) is 28.6. The number of rotatable bonds is 5. The third-order valence-corrected chi connectivity index (χ3v) is 5.18. The molecule has 0 aliphatic heterocycles. The number of pyridine rings is 1. The van der Waals surface area contributed by atoms with E-state index in [1.165, 1.54) is 13.1 Å². The summed E-state index contributed by atoms with van der Waals surface area (Å²) in [6, 6.07) is 9.42. The fraction of sp³-hybridized carbons (Fsp3) is 0.381. The van der Waals surface area contributed by atoms with Crippen LogP contribution in [-0.4, -0.2) is 23.9 Å². The summed E-state index contributed by atoms with van der Waals surface area (Å²) in [5, 5.41) is 5.62. The van der Waals surface area contributed by atoms with E-state index >= 15 is 0 Å². The van der Waals surface area contributed by atoms with Crippen molar-refractivity contribution in [3.63, 3.8) is 0 Å². The first-order valence-electron chi connectivity index (χ1n) is 9.15. The van der Waals surface area contributed by atoms with Gasteiger partial charge in [0.1, 0.15) is 11.6 Å². The standard InChI is InChI=1S/C21H25N3O3/c1-14-6-7-16(12-18(14)27-3)21(10-4-5-11-21)20(26)24-19-9-8-17(13-22-19)23-15(2)25/h6-9,12-13H,4-5,10-11H2,1-3H3,(H,23,25)(H,22,24,26). The molecular formula is C21H25N3O3. The highest BCUT2D eigenvalue weighted by Gasteiger charge is 2.43. The van der Waals surface area contributed by atoms with Crippen LogP contribution in [0.3, 0.4) is 0 Å². The molecule has 1 aliphatic carbocycles. The molecule has 27 heavy (non-hydrogen) atoms.